The van der Waals surface area contributed by atoms with Crippen molar-refractivity contribution < 1.29 is 5.11 Å². The average Bonchev–Trinajstić information content (AvgIpc) is 2.22. The summed E-state index contributed by atoms with van der Waals surface area (Å²) >= 11 is 5.95. The second-order valence-electron chi connectivity index (χ2n) is 4.94. The minimum Gasteiger partial charge on any atom is -0.508 e. The van der Waals surface area contributed by atoms with E-state index in [4.69, 9.17) is 11.6 Å². The van der Waals surface area contributed by atoms with Gasteiger partial charge in [-0.05, 0) is 32.0 Å². The SMILES string of the molecule is CC1CN(Cc2cc(Cl)ccc2O)CC(C)N1. The topological polar surface area (TPSA) is 35.5 Å². The standard InChI is InChI=1S/C13H19ClN2O/c1-9-6-16(7-10(2)15-9)8-11-5-12(14)3-4-13(11)17/h3-5,9-10,15,17H,6-8H2,1-2H3. The molecule has 1 saturated heterocycles. The van der Waals surface area contributed by atoms with Crippen LogP contribution in [-0.2, 0) is 6.54 Å². The van der Waals surface area contributed by atoms with Crippen LogP contribution in [0.25, 0.3) is 0 Å². The van der Waals surface area contributed by atoms with Gasteiger partial charge in [-0.2, -0.15) is 0 Å². The van der Waals surface area contributed by atoms with Crippen molar-refractivity contribution in [2.24, 2.45) is 0 Å². The number of rotatable bonds is 2. The number of phenols is 1. The molecule has 4 heteroatoms. The normalized spacial score (nSPS) is 26.1. The highest BCUT2D eigenvalue weighted by atomic mass is 35.5. The molecule has 0 saturated carbocycles. The fourth-order valence-corrected chi connectivity index (χ4v) is 2.69. The minimum atomic E-state index is 0.327. The van der Waals surface area contributed by atoms with E-state index in [-0.39, 0.29) is 0 Å². The van der Waals surface area contributed by atoms with Crippen LogP contribution in [0.2, 0.25) is 5.02 Å². The van der Waals surface area contributed by atoms with Crippen LogP contribution in [0.15, 0.2) is 18.2 Å². The molecule has 0 aliphatic carbocycles. The van der Waals surface area contributed by atoms with Crippen molar-refractivity contribution in [2.75, 3.05) is 13.1 Å². The van der Waals surface area contributed by atoms with Gasteiger partial charge >= 0.3 is 0 Å². The van der Waals surface area contributed by atoms with E-state index in [2.05, 4.69) is 24.1 Å². The van der Waals surface area contributed by atoms with Crippen LogP contribution >= 0.6 is 11.6 Å². The molecule has 1 aromatic rings. The van der Waals surface area contributed by atoms with Gasteiger partial charge in [0.15, 0.2) is 0 Å². The Morgan fingerprint density at radius 3 is 2.65 bits per heavy atom. The van der Waals surface area contributed by atoms with E-state index in [1.54, 1.807) is 12.1 Å². The molecule has 2 N–H and O–H groups in total. The molecule has 1 aromatic carbocycles. The van der Waals surface area contributed by atoms with Crippen molar-refractivity contribution in [1.82, 2.24) is 10.2 Å². The van der Waals surface area contributed by atoms with Crippen LogP contribution < -0.4 is 5.32 Å². The smallest absolute Gasteiger partial charge is 0.120 e. The van der Waals surface area contributed by atoms with E-state index >= 15 is 0 Å². The molecule has 1 aliphatic heterocycles. The van der Waals surface area contributed by atoms with Crippen molar-refractivity contribution >= 4 is 11.6 Å². The molecule has 17 heavy (non-hydrogen) atoms. The molecule has 0 amide bonds. The number of phenolic OH excluding ortho intramolecular Hbond substituents is 1. The first-order chi connectivity index (χ1) is 8.04. The number of hydrogen-bond acceptors (Lipinski definition) is 3. The predicted molar refractivity (Wildman–Crippen MR) is 70.5 cm³/mol. The van der Waals surface area contributed by atoms with E-state index in [0.29, 0.717) is 22.9 Å². The predicted octanol–water partition coefficient (Wildman–Crippen LogP) is 2.23. The number of hydrogen-bond donors (Lipinski definition) is 2. The second kappa shape index (κ2) is 5.25. The Hall–Kier alpha value is -0.770. The van der Waals surface area contributed by atoms with Crippen LogP contribution in [0, 0.1) is 0 Å². The molecular formula is C13H19ClN2O. The summed E-state index contributed by atoms with van der Waals surface area (Å²) in [5.74, 6) is 0.327. The van der Waals surface area contributed by atoms with Gasteiger partial charge in [-0.15, -0.1) is 0 Å². The fourth-order valence-electron chi connectivity index (χ4n) is 2.49. The quantitative estimate of drug-likeness (QED) is 0.850. The number of halogens is 1. The van der Waals surface area contributed by atoms with E-state index in [9.17, 15) is 5.11 Å². The first-order valence-electron chi connectivity index (χ1n) is 6.00. The summed E-state index contributed by atoms with van der Waals surface area (Å²) in [5, 5.41) is 14.0. The maximum absolute atomic E-state index is 9.80. The highest BCUT2D eigenvalue weighted by Gasteiger charge is 2.21. The van der Waals surface area contributed by atoms with Crippen LogP contribution in [0.1, 0.15) is 19.4 Å². The summed E-state index contributed by atoms with van der Waals surface area (Å²) in [7, 11) is 0. The molecule has 0 spiro atoms. The minimum absolute atomic E-state index is 0.327. The molecule has 0 aromatic heterocycles. The summed E-state index contributed by atoms with van der Waals surface area (Å²) in [6, 6.07) is 6.19. The molecule has 0 radical (unpaired) electrons. The lowest BCUT2D eigenvalue weighted by Crippen LogP contribution is -2.53. The van der Waals surface area contributed by atoms with Gasteiger partial charge in [0.1, 0.15) is 5.75 Å². The molecule has 1 fully saturated rings. The van der Waals surface area contributed by atoms with Crippen molar-refractivity contribution in [3.8, 4) is 5.75 Å². The van der Waals surface area contributed by atoms with Crippen LogP contribution in [0.4, 0.5) is 0 Å². The number of piperazine rings is 1. The Morgan fingerprint density at radius 2 is 2.00 bits per heavy atom. The Bertz CT molecular complexity index is 387. The summed E-state index contributed by atoms with van der Waals surface area (Å²) < 4.78 is 0. The monoisotopic (exact) mass is 254 g/mol. The highest BCUT2D eigenvalue weighted by molar-refractivity contribution is 6.30. The number of benzene rings is 1. The summed E-state index contributed by atoms with van der Waals surface area (Å²) in [4.78, 5) is 2.34. The van der Waals surface area contributed by atoms with Crippen molar-refractivity contribution in [3.05, 3.63) is 28.8 Å². The van der Waals surface area contributed by atoms with Crippen LogP contribution in [0.5, 0.6) is 5.75 Å². The average molecular weight is 255 g/mol. The number of nitrogens with zero attached hydrogens (tertiary/aromatic N) is 1. The Balaban J connectivity index is 2.07. The van der Waals surface area contributed by atoms with Crippen molar-refractivity contribution in [3.63, 3.8) is 0 Å². The molecule has 1 heterocycles. The lowest BCUT2D eigenvalue weighted by molar-refractivity contribution is 0.165. The van der Waals surface area contributed by atoms with Gasteiger partial charge in [0, 0.05) is 42.3 Å². The largest absolute Gasteiger partial charge is 0.508 e. The van der Waals surface area contributed by atoms with Gasteiger partial charge in [0.25, 0.3) is 0 Å². The van der Waals surface area contributed by atoms with E-state index < -0.39 is 0 Å². The van der Waals surface area contributed by atoms with Gasteiger partial charge in [0.2, 0.25) is 0 Å². The second-order valence-corrected chi connectivity index (χ2v) is 5.37. The summed E-state index contributed by atoms with van der Waals surface area (Å²) in [6.45, 7) is 7.11. The Morgan fingerprint density at radius 1 is 1.35 bits per heavy atom. The maximum atomic E-state index is 9.80. The molecule has 2 atom stereocenters. The van der Waals surface area contributed by atoms with Crippen LogP contribution in [-0.4, -0.2) is 35.2 Å². The van der Waals surface area contributed by atoms with Crippen molar-refractivity contribution in [1.29, 1.82) is 0 Å². The molecule has 1 aliphatic rings. The molecular weight excluding hydrogens is 236 g/mol. The molecule has 2 unspecified atom stereocenters. The van der Waals surface area contributed by atoms with Gasteiger partial charge in [0.05, 0.1) is 0 Å². The van der Waals surface area contributed by atoms with Crippen molar-refractivity contribution in [2.45, 2.75) is 32.5 Å². The van der Waals surface area contributed by atoms with Gasteiger partial charge < -0.3 is 10.4 Å². The third kappa shape index (κ3) is 3.35. The third-order valence-electron chi connectivity index (χ3n) is 3.07. The van der Waals surface area contributed by atoms with Crippen LogP contribution in [0.3, 0.4) is 0 Å². The summed E-state index contributed by atoms with van der Waals surface area (Å²) in [6.07, 6.45) is 0. The zero-order valence-electron chi connectivity index (χ0n) is 10.3. The molecule has 2 rings (SSSR count). The molecule has 0 bridgehead atoms. The van der Waals surface area contributed by atoms with Gasteiger partial charge in [-0.1, -0.05) is 11.6 Å². The Kier molecular flexibility index (Phi) is 3.92. The van der Waals surface area contributed by atoms with E-state index in [1.165, 1.54) is 0 Å². The molecule has 3 nitrogen and oxygen atoms in total. The summed E-state index contributed by atoms with van der Waals surface area (Å²) in [5.41, 5.74) is 0.902. The van der Waals surface area contributed by atoms with Gasteiger partial charge in [-0.25, -0.2) is 0 Å². The third-order valence-corrected chi connectivity index (χ3v) is 3.30. The highest BCUT2D eigenvalue weighted by Crippen LogP contribution is 2.23. The number of nitrogens with one attached hydrogen (secondary N) is 1. The first-order valence-corrected chi connectivity index (χ1v) is 6.38. The lowest BCUT2D eigenvalue weighted by Gasteiger charge is -2.36. The maximum Gasteiger partial charge on any atom is 0.120 e. The van der Waals surface area contributed by atoms with E-state index in [1.807, 2.05) is 6.07 Å². The van der Waals surface area contributed by atoms with Gasteiger partial charge in [-0.3, -0.25) is 4.90 Å². The first kappa shape index (κ1) is 12.7. The zero-order chi connectivity index (χ0) is 12.4. The molecule has 94 valence electrons. The lowest BCUT2D eigenvalue weighted by atomic mass is 10.1. The number of aromatic hydroxyl groups is 1. The Labute approximate surface area is 107 Å². The fraction of sp³-hybridized carbons (Fsp3) is 0.538. The zero-order valence-corrected chi connectivity index (χ0v) is 11.0. The van der Waals surface area contributed by atoms with E-state index in [0.717, 1.165) is 25.2 Å².